The SMILES string of the molecule is CC(C)n1cnnc1-c1cccc(N2Cc3ccc(-c4cccc(C(=O)O)c4O)cc3C2=O)n1. The number of aromatic nitrogens is 4. The first kappa shape index (κ1) is 21.3. The number of carbonyl (C=O) groups is 2. The molecule has 9 nitrogen and oxygen atoms in total. The number of carboxylic acids is 1. The van der Waals surface area contributed by atoms with Gasteiger partial charge in [-0.2, -0.15) is 0 Å². The number of phenols is 1. The van der Waals surface area contributed by atoms with E-state index in [-0.39, 0.29) is 23.3 Å². The van der Waals surface area contributed by atoms with Crippen LogP contribution in [0.4, 0.5) is 5.82 Å². The summed E-state index contributed by atoms with van der Waals surface area (Å²) in [6, 6.07) is 15.4. The van der Waals surface area contributed by atoms with Crippen molar-refractivity contribution in [1.29, 1.82) is 0 Å². The van der Waals surface area contributed by atoms with Crippen molar-refractivity contribution in [3.63, 3.8) is 0 Å². The third-order valence-electron chi connectivity index (χ3n) is 5.86. The van der Waals surface area contributed by atoms with Gasteiger partial charge >= 0.3 is 5.97 Å². The first-order valence-corrected chi connectivity index (χ1v) is 10.7. The molecule has 0 fully saturated rings. The van der Waals surface area contributed by atoms with Gasteiger partial charge in [0.1, 0.15) is 29.2 Å². The summed E-state index contributed by atoms with van der Waals surface area (Å²) in [5.74, 6) is -0.657. The molecule has 2 aromatic heterocycles. The lowest BCUT2D eigenvalue weighted by molar-refractivity contribution is 0.0693. The Labute approximate surface area is 195 Å². The molecule has 9 heteroatoms. The van der Waals surface area contributed by atoms with Crippen LogP contribution in [0.2, 0.25) is 0 Å². The van der Waals surface area contributed by atoms with Crippen LogP contribution in [-0.2, 0) is 6.54 Å². The van der Waals surface area contributed by atoms with Gasteiger partial charge in [0.05, 0.1) is 6.54 Å². The number of hydrogen-bond donors (Lipinski definition) is 2. The fourth-order valence-electron chi connectivity index (χ4n) is 4.10. The minimum Gasteiger partial charge on any atom is -0.506 e. The third kappa shape index (κ3) is 3.47. The Morgan fingerprint density at radius 2 is 1.85 bits per heavy atom. The summed E-state index contributed by atoms with van der Waals surface area (Å²) < 4.78 is 1.91. The van der Waals surface area contributed by atoms with Crippen LogP contribution < -0.4 is 4.90 Å². The van der Waals surface area contributed by atoms with E-state index in [1.165, 1.54) is 6.07 Å². The van der Waals surface area contributed by atoms with Crippen molar-refractivity contribution in [2.24, 2.45) is 0 Å². The molecule has 0 radical (unpaired) electrons. The predicted octanol–water partition coefficient (Wildman–Crippen LogP) is 4.15. The van der Waals surface area contributed by atoms with Gasteiger partial charge in [0.15, 0.2) is 5.82 Å². The number of fused-ring (bicyclic) bond motifs is 1. The first-order valence-electron chi connectivity index (χ1n) is 10.7. The van der Waals surface area contributed by atoms with E-state index >= 15 is 0 Å². The van der Waals surface area contributed by atoms with Crippen LogP contribution in [0.1, 0.15) is 46.2 Å². The maximum Gasteiger partial charge on any atom is 0.339 e. The molecular weight excluding hydrogens is 434 g/mol. The summed E-state index contributed by atoms with van der Waals surface area (Å²) in [4.78, 5) is 30.9. The second kappa shape index (κ2) is 8.11. The summed E-state index contributed by atoms with van der Waals surface area (Å²) in [6.45, 7) is 4.40. The molecular formula is C25H21N5O4. The number of carboxylic acid groups (broad SMARTS) is 1. The summed E-state index contributed by atoms with van der Waals surface area (Å²) in [7, 11) is 0. The van der Waals surface area contributed by atoms with Crippen molar-refractivity contribution in [3.8, 4) is 28.4 Å². The summed E-state index contributed by atoms with van der Waals surface area (Å²) in [6.07, 6.45) is 1.65. The molecule has 1 aliphatic heterocycles. The molecule has 3 heterocycles. The Balaban J connectivity index is 1.49. The number of anilines is 1. The molecule has 1 aliphatic rings. The summed E-state index contributed by atoms with van der Waals surface area (Å²) in [5.41, 5.74) is 2.63. The highest BCUT2D eigenvalue weighted by atomic mass is 16.4. The number of nitrogens with zero attached hydrogens (tertiary/aromatic N) is 5. The normalized spacial score (nSPS) is 12.9. The molecule has 0 aliphatic carbocycles. The highest BCUT2D eigenvalue weighted by Gasteiger charge is 2.30. The van der Waals surface area contributed by atoms with Crippen molar-refractivity contribution < 1.29 is 19.8 Å². The average Bonchev–Trinajstić information content (AvgIpc) is 3.44. The Morgan fingerprint density at radius 1 is 1.06 bits per heavy atom. The quantitative estimate of drug-likeness (QED) is 0.464. The lowest BCUT2D eigenvalue weighted by Crippen LogP contribution is -2.24. The van der Waals surface area contributed by atoms with Gasteiger partial charge in [0, 0.05) is 17.2 Å². The van der Waals surface area contributed by atoms with Crippen LogP contribution in [0.5, 0.6) is 5.75 Å². The van der Waals surface area contributed by atoms with Crippen molar-refractivity contribution in [1.82, 2.24) is 19.7 Å². The number of pyridine rings is 1. The molecule has 0 unspecified atom stereocenters. The smallest absolute Gasteiger partial charge is 0.339 e. The van der Waals surface area contributed by atoms with Gasteiger partial charge in [-0.3, -0.25) is 9.69 Å². The van der Waals surface area contributed by atoms with Gasteiger partial charge in [0.2, 0.25) is 0 Å². The van der Waals surface area contributed by atoms with Crippen LogP contribution in [0, 0.1) is 0 Å². The second-order valence-electron chi connectivity index (χ2n) is 8.31. The molecule has 170 valence electrons. The molecule has 5 rings (SSSR count). The Kier molecular flexibility index (Phi) is 5.09. The van der Waals surface area contributed by atoms with E-state index in [4.69, 9.17) is 0 Å². The van der Waals surface area contributed by atoms with E-state index in [0.29, 0.717) is 40.6 Å². The zero-order chi connectivity index (χ0) is 24.0. The van der Waals surface area contributed by atoms with Crippen LogP contribution >= 0.6 is 0 Å². The molecule has 0 bridgehead atoms. The number of benzene rings is 2. The molecule has 4 aromatic rings. The third-order valence-corrected chi connectivity index (χ3v) is 5.86. The lowest BCUT2D eigenvalue weighted by Gasteiger charge is -2.16. The van der Waals surface area contributed by atoms with Gasteiger partial charge in [-0.25, -0.2) is 9.78 Å². The van der Waals surface area contributed by atoms with Gasteiger partial charge in [0.25, 0.3) is 5.91 Å². The second-order valence-corrected chi connectivity index (χ2v) is 8.31. The number of aromatic carboxylic acids is 1. The highest BCUT2D eigenvalue weighted by Crippen LogP contribution is 2.36. The summed E-state index contributed by atoms with van der Waals surface area (Å²) >= 11 is 0. The standard InChI is InChI=1S/C25H21N5O4/c1-14(2)30-13-26-28-23(30)20-7-4-8-21(27-20)29-12-16-10-9-15(11-19(16)24(29)32)17-5-3-6-18(22(17)31)25(33)34/h3-11,13-14,31H,12H2,1-2H3,(H,33,34). The maximum absolute atomic E-state index is 13.3. The number of hydrogen-bond acceptors (Lipinski definition) is 6. The zero-order valence-electron chi connectivity index (χ0n) is 18.5. The van der Waals surface area contributed by atoms with Crippen molar-refractivity contribution in [2.45, 2.75) is 26.4 Å². The molecule has 34 heavy (non-hydrogen) atoms. The molecule has 0 saturated carbocycles. The van der Waals surface area contributed by atoms with E-state index < -0.39 is 5.97 Å². The maximum atomic E-state index is 13.3. The molecule has 2 aromatic carbocycles. The van der Waals surface area contributed by atoms with E-state index in [1.807, 2.05) is 36.6 Å². The first-order chi connectivity index (χ1) is 16.3. The highest BCUT2D eigenvalue weighted by molar-refractivity contribution is 6.10. The largest absolute Gasteiger partial charge is 0.506 e. The molecule has 0 saturated heterocycles. The Bertz CT molecular complexity index is 1440. The Morgan fingerprint density at radius 3 is 2.62 bits per heavy atom. The Hall–Kier alpha value is -4.53. The van der Waals surface area contributed by atoms with Crippen molar-refractivity contribution >= 4 is 17.7 Å². The average molecular weight is 455 g/mol. The van der Waals surface area contributed by atoms with Gasteiger partial charge < -0.3 is 14.8 Å². The zero-order valence-corrected chi connectivity index (χ0v) is 18.5. The monoisotopic (exact) mass is 455 g/mol. The van der Waals surface area contributed by atoms with Crippen LogP contribution in [0.25, 0.3) is 22.6 Å². The van der Waals surface area contributed by atoms with Crippen LogP contribution in [0.3, 0.4) is 0 Å². The van der Waals surface area contributed by atoms with Crippen LogP contribution in [-0.4, -0.2) is 41.8 Å². The number of rotatable bonds is 5. The van der Waals surface area contributed by atoms with E-state index in [2.05, 4.69) is 15.2 Å². The van der Waals surface area contributed by atoms with Crippen molar-refractivity contribution in [3.05, 3.63) is 77.6 Å². The molecule has 0 atom stereocenters. The molecule has 1 amide bonds. The van der Waals surface area contributed by atoms with Crippen molar-refractivity contribution in [2.75, 3.05) is 4.90 Å². The molecule has 2 N–H and O–H groups in total. The number of aromatic hydroxyl groups is 1. The van der Waals surface area contributed by atoms with E-state index in [0.717, 1.165) is 5.56 Å². The van der Waals surface area contributed by atoms with Gasteiger partial charge in [-0.1, -0.05) is 30.3 Å². The van der Waals surface area contributed by atoms with E-state index in [1.54, 1.807) is 41.6 Å². The number of amides is 1. The fourth-order valence-corrected chi connectivity index (χ4v) is 4.10. The fraction of sp³-hybridized carbons (Fsp3) is 0.160. The number of para-hydroxylation sites is 1. The lowest BCUT2D eigenvalue weighted by atomic mass is 9.98. The summed E-state index contributed by atoms with van der Waals surface area (Å²) in [5, 5.41) is 27.9. The van der Waals surface area contributed by atoms with Crippen LogP contribution in [0.15, 0.2) is 60.9 Å². The predicted molar refractivity (Wildman–Crippen MR) is 125 cm³/mol. The topological polar surface area (TPSA) is 121 Å². The number of carbonyl (C=O) groups excluding carboxylic acids is 1. The minimum absolute atomic E-state index is 0.155. The van der Waals surface area contributed by atoms with E-state index in [9.17, 15) is 19.8 Å². The van der Waals surface area contributed by atoms with Gasteiger partial charge in [-0.15, -0.1) is 10.2 Å². The van der Waals surface area contributed by atoms with Gasteiger partial charge in [-0.05, 0) is 49.2 Å². The molecule has 0 spiro atoms. The minimum atomic E-state index is -1.22.